The number of benzene rings is 1. The van der Waals surface area contributed by atoms with Crippen molar-refractivity contribution in [3.8, 4) is 0 Å². The zero-order valence-corrected chi connectivity index (χ0v) is 46.5. The molecule has 2 aliphatic heterocycles. The average molecular weight is 993 g/mol. The third kappa shape index (κ3) is 13.8. The first-order valence-corrected chi connectivity index (χ1v) is 28.0. The quantitative estimate of drug-likeness (QED) is 0.0477. The number of fused-ring (bicyclic) bond motifs is 2. The molecule has 0 spiro atoms. The first-order valence-electron chi connectivity index (χ1n) is 28.0. The number of allylic oxidation sites excluding steroid dienone is 6. The Labute approximate surface area is 433 Å². The predicted octanol–water partition coefficient (Wildman–Crippen LogP) is 12.4. The molecule has 1 aromatic rings. The van der Waals surface area contributed by atoms with E-state index in [0.717, 1.165) is 113 Å². The van der Waals surface area contributed by atoms with Crippen molar-refractivity contribution in [3.05, 3.63) is 63.6 Å². The molecule has 0 saturated carbocycles. The first kappa shape index (κ1) is 57.9. The number of carbonyl (C=O) groups is 5. The van der Waals surface area contributed by atoms with Crippen molar-refractivity contribution < 1.29 is 29.1 Å². The van der Waals surface area contributed by atoms with E-state index < -0.39 is 0 Å². The highest BCUT2D eigenvalue weighted by Crippen LogP contribution is 2.52. The van der Waals surface area contributed by atoms with E-state index in [4.69, 9.17) is 0 Å². The van der Waals surface area contributed by atoms with E-state index in [9.17, 15) is 29.1 Å². The molecule has 4 N–H and O–H groups in total. The lowest BCUT2D eigenvalue weighted by molar-refractivity contribution is -0.122. The number of unbranched alkanes of at least 4 members (excludes halogenated alkanes) is 8. The van der Waals surface area contributed by atoms with E-state index in [2.05, 4.69) is 100.0 Å². The number of hydrogen-bond donors (Lipinski definition) is 4. The lowest BCUT2D eigenvalue weighted by Gasteiger charge is -2.30. The number of amides is 4. The third-order valence-electron chi connectivity index (χ3n) is 17.0. The van der Waals surface area contributed by atoms with Crippen LogP contribution in [0.2, 0.25) is 0 Å². The summed E-state index contributed by atoms with van der Waals surface area (Å²) >= 11 is 0. The van der Waals surface area contributed by atoms with Crippen molar-refractivity contribution in [2.24, 2.45) is 22.2 Å². The largest absolute Gasteiger partial charge is 0.506 e. The number of rotatable bonds is 28. The minimum atomic E-state index is -0.369. The fourth-order valence-electron chi connectivity index (χ4n) is 10.9. The van der Waals surface area contributed by atoms with Crippen molar-refractivity contribution in [1.29, 1.82) is 0 Å². The molecule has 0 radical (unpaired) electrons. The van der Waals surface area contributed by atoms with Crippen LogP contribution < -0.4 is 20.9 Å². The van der Waals surface area contributed by atoms with Gasteiger partial charge >= 0.3 is 0 Å². The Hall–Kier alpha value is -5.00. The van der Waals surface area contributed by atoms with E-state index in [1.807, 2.05) is 38.4 Å². The summed E-state index contributed by atoms with van der Waals surface area (Å²) in [6.07, 6.45) is 20.5. The number of nitrogens with one attached hydrogen (secondary N) is 3. The van der Waals surface area contributed by atoms with Crippen LogP contribution in [0.25, 0.3) is 5.57 Å². The second kappa shape index (κ2) is 26.3. The van der Waals surface area contributed by atoms with E-state index in [1.165, 1.54) is 12.8 Å². The molecule has 5 rings (SSSR count). The zero-order chi connectivity index (χ0) is 52.9. The molecule has 2 aliphatic carbocycles. The van der Waals surface area contributed by atoms with Gasteiger partial charge in [0, 0.05) is 98.3 Å². The van der Waals surface area contributed by atoms with Gasteiger partial charge in [0.1, 0.15) is 5.76 Å². The average Bonchev–Trinajstić information content (AvgIpc) is 3.62. The highest BCUT2D eigenvalue weighted by Gasteiger charge is 2.48. The summed E-state index contributed by atoms with van der Waals surface area (Å²) in [4.78, 5) is 76.2. The van der Waals surface area contributed by atoms with Crippen LogP contribution in [0, 0.1) is 17.3 Å². The SMILES string of the molecule is CCCCC(CC)CNC(=O)CCCCCCC(=O)N=C1C=C2C(=C/C1=C1/C(=O)C(c3cc4c(cc3NC(=O)CCCCCCC(=O)NCC(CC)CCCC)N(C)C(C)C4(C)C)=C1O)C(C)(C)C(C)N2C. The van der Waals surface area contributed by atoms with Crippen LogP contribution in [0.3, 0.4) is 0 Å². The number of likely N-dealkylation sites (tertiary alicyclic amines) is 1. The molecule has 12 heteroatoms. The van der Waals surface area contributed by atoms with Crippen LogP contribution in [0.5, 0.6) is 0 Å². The molecule has 0 aromatic heterocycles. The summed E-state index contributed by atoms with van der Waals surface area (Å²) < 4.78 is 0. The summed E-state index contributed by atoms with van der Waals surface area (Å²) in [5, 5.41) is 21.5. The maximum absolute atomic E-state index is 14.8. The molecule has 0 bridgehead atoms. The maximum atomic E-state index is 14.8. The lowest BCUT2D eigenvalue weighted by atomic mass is 9.73. The molecule has 72 heavy (non-hydrogen) atoms. The van der Waals surface area contributed by atoms with Crippen LogP contribution >= 0.6 is 0 Å². The first-order chi connectivity index (χ1) is 34.2. The van der Waals surface area contributed by atoms with Crippen LogP contribution in [-0.2, 0) is 29.4 Å². The summed E-state index contributed by atoms with van der Waals surface area (Å²) in [6, 6.07) is 4.15. The van der Waals surface area contributed by atoms with Gasteiger partial charge in [-0.15, -0.1) is 0 Å². The van der Waals surface area contributed by atoms with Gasteiger partial charge in [0.25, 0.3) is 0 Å². The van der Waals surface area contributed by atoms with E-state index >= 15 is 0 Å². The molecular formula is C60H92N6O6. The number of carbonyl (C=O) groups excluding carboxylic acids is 5. The Kier molecular flexibility index (Phi) is 21.1. The highest BCUT2D eigenvalue weighted by molar-refractivity contribution is 6.42. The molecule has 4 aliphatic rings. The summed E-state index contributed by atoms with van der Waals surface area (Å²) in [6.45, 7) is 23.2. The molecule has 1 aromatic carbocycles. The minimum Gasteiger partial charge on any atom is -0.506 e. The summed E-state index contributed by atoms with van der Waals surface area (Å²) in [7, 11) is 4.06. The molecule has 4 amide bonds. The monoisotopic (exact) mass is 993 g/mol. The molecule has 2 heterocycles. The fourth-order valence-corrected chi connectivity index (χ4v) is 10.9. The molecule has 4 atom stereocenters. The Balaban J connectivity index is 1.32. The molecule has 1 saturated heterocycles. The third-order valence-corrected chi connectivity index (χ3v) is 17.0. The van der Waals surface area contributed by atoms with Gasteiger partial charge < -0.3 is 30.9 Å². The number of aliphatic imine (C=N–C) groups is 1. The number of anilines is 2. The normalized spacial score (nSPS) is 21.2. The molecule has 398 valence electrons. The van der Waals surface area contributed by atoms with Gasteiger partial charge in [-0.25, -0.2) is 4.99 Å². The van der Waals surface area contributed by atoms with E-state index in [1.54, 1.807) is 0 Å². The van der Waals surface area contributed by atoms with E-state index in [0.29, 0.717) is 60.1 Å². The number of Topliss-reactive ketones (excluding diaryl/α,β-unsaturated/α-hetero) is 1. The number of ketones is 1. The topological polar surface area (TPSA) is 161 Å². The van der Waals surface area contributed by atoms with Crippen molar-refractivity contribution >= 4 is 52.1 Å². The Morgan fingerprint density at radius 1 is 0.667 bits per heavy atom. The van der Waals surface area contributed by atoms with Gasteiger partial charge in [0.2, 0.25) is 29.4 Å². The second-order valence-electron chi connectivity index (χ2n) is 22.6. The molecule has 4 unspecified atom stereocenters. The van der Waals surface area contributed by atoms with Gasteiger partial charge in [-0.05, 0) is 99.6 Å². The van der Waals surface area contributed by atoms with Crippen molar-refractivity contribution in [3.63, 3.8) is 0 Å². The summed E-state index contributed by atoms with van der Waals surface area (Å²) in [5.41, 5.74) is 5.27. The molecule has 1 fully saturated rings. The highest BCUT2D eigenvalue weighted by atomic mass is 16.3. The van der Waals surface area contributed by atoms with Crippen LogP contribution in [0.4, 0.5) is 11.4 Å². The Bertz CT molecular complexity index is 2300. The second-order valence-corrected chi connectivity index (χ2v) is 22.6. The number of aliphatic hydroxyl groups is 1. The smallest absolute Gasteiger partial charge is 0.246 e. The van der Waals surface area contributed by atoms with E-state index in [-0.39, 0.29) is 82.1 Å². The Morgan fingerprint density at radius 2 is 1.18 bits per heavy atom. The van der Waals surface area contributed by atoms with Crippen molar-refractivity contribution in [2.75, 3.05) is 37.4 Å². The standard InChI is InChI=1S/C60H92N6O6/c1-13-17-27-41(15-3)37-61-51(67)29-23-19-21-25-31-53(69)63-47-35-49-45(59(7,8)39(5)65(49)11)33-43(47)55-57(71)56(58(55)72)44-34-46-50(66(12)40(6)60(46,9)10)36-48(44)64-54(70)32-26-22-20-24-30-52(68)62-38-42(16-4)28-18-14-2/h33-36,39-42,71H,13-32,37-38H2,1-12H3,(H,61,67)(H,62,68)(H,63,69)/b56-44-,64-48?. The number of likely N-dealkylation sites (N-methyl/N-ethyl adjacent to an activating group) is 2. The number of nitrogens with zero attached hydrogens (tertiary/aromatic N) is 3. The lowest BCUT2D eigenvalue weighted by Crippen LogP contribution is -2.36. The number of aliphatic hydroxyl groups excluding tert-OH is 1. The maximum Gasteiger partial charge on any atom is 0.246 e. The van der Waals surface area contributed by atoms with Crippen molar-refractivity contribution in [2.45, 2.75) is 215 Å². The Morgan fingerprint density at radius 3 is 1.69 bits per heavy atom. The fraction of sp³-hybridized carbons (Fsp3) is 0.667. The molecular weight excluding hydrogens is 901 g/mol. The molecule has 12 nitrogen and oxygen atoms in total. The summed E-state index contributed by atoms with van der Waals surface area (Å²) in [5.74, 6) is 0.188. The minimum absolute atomic E-state index is 0.0870. The van der Waals surface area contributed by atoms with Gasteiger partial charge in [-0.2, -0.15) is 0 Å². The van der Waals surface area contributed by atoms with Gasteiger partial charge in [0.05, 0.1) is 22.5 Å². The van der Waals surface area contributed by atoms with Crippen LogP contribution in [-0.4, -0.2) is 84.4 Å². The van der Waals surface area contributed by atoms with Gasteiger partial charge in [0.15, 0.2) is 0 Å². The van der Waals surface area contributed by atoms with Gasteiger partial charge in [-0.3, -0.25) is 24.0 Å². The van der Waals surface area contributed by atoms with Crippen LogP contribution in [0.1, 0.15) is 209 Å². The van der Waals surface area contributed by atoms with Crippen LogP contribution in [0.15, 0.2) is 57.5 Å². The predicted molar refractivity (Wildman–Crippen MR) is 295 cm³/mol. The van der Waals surface area contributed by atoms with Gasteiger partial charge in [-0.1, -0.05) is 120 Å². The zero-order valence-electron chi connectivity index (χ0n) is 46.5. The van der Waals surface area contributed by atoms with Crippen molar-refractivity contribution in [1.82, 2.24) is 15.5 Å². The number of hydrogen-bond acceptors (Lipinski definition) is 8.